The third-order valence-electron chi connectivity index (χ3n) is 10.7. The van der Waals surface area contributed by atoms with E-state index in [0.29, 0.717) is 16.9 Å². The fourth-order valence-corrected chi connectivity index (χ4v) is 8.09. The molecule has 258 valence electrons. The number of furan rings is 1. The summed E-state index contributed by atoms with van der Waals surface area (Å²) in [4.78, 5) is 1.88. The highest BCUT2D eigenvalue weighted by molar-refractivity contribution is 6.16. The molecule has 0 amide bonds. The zero-order valence-corrected chi connectivity index (χ0v) is 29.6. The van der Waals surface area contributed by atoms with Gasteiger partial charge in [0, 0.05) is 49.6 Å². The summed E-state index contributed by atoms with van der Waals surface area (Å²) in [6.45, 7) is 0. The van der Waals surface area contributed by atoms with E-state index in [9.17, 15) is 5.48 Å². The van der Waals surface area contributed by atoms with E-state index in [2.05, 4.69) is 95.6 Å². The predicted molar refractivity (Wildman–Crippen MR) is 231 cm³/mol. The van der Waals surface area contributed by atoms with Crippen molar-refractivity contribution < 1.29 is 9.90 Å². The Kier molecular flexibility index (Phi) is 6.27. The molecular weight excluding hydrogens is 669 g/mol. The van der Waals surface area contributed by atoms with Gasteiger partial charge in [0.15, 0.2) is 0 Å². The number of anilines is 3. The minimum atomic E-state index is -0.130. The highest BCUT2D eigenvalue weighted by atomic mass is 16.3. The van der Waals surface area contributed by atoms with Gasteiger partial charge >= 0.3 is 0 Å². The molecule has 0 radical (unpaired) electrons. The number of para-hydroxylation sites is 3. The molecule has 9 aromatic carbocycles. The Morgan fingerprint density at radius 1 is 0.436 bits per heavy atom. The van der Waals surface area contributed by atoms with Crippen molar-refractivity contribution >= 4 is 71.6 Å². The van der Waals surface area contributed by atoms with Crippen molar-refractivity contribution in [2.75, 3.05) is 4.90 Å². The minimum Gasteiger partial charge on any atom is -0.455 e. The summed E-state index contributed by atoms with van der Waals surface area (Å²) in [5, 5.41) is 6.51. The highest BCUT2D eigenvalue weighted by Gasteiger charge is 2.20. The molecule has 55 heavy (non-hydrogen) atoms. The SMILES string of the molecule is [2H]c1c([2H])c(N(c2ccc(-n3c4ccccc4c4ccccc43)cc2)c2ccccc2-c2ccc3oc4c5ccccc5ccc4c3c2)c([2H])c([2H])c1-c1ccccc1. The Bertz CT molecular complexity index is 3360. The first-order valence-corrected chi connectivity index (χ1v) is 18.4. The third kappa shape index (κ3) is 5.13. The maximum Gasteiger partial charge on any atom is 0.143 e. The van der Waals surface area contributed by atoms with E-state index < -0.39 is 0 Å². The molecule has 3 nitrogen and oxygen atoms in total. The quantitative estimate of drug-likeness (QED) is 0.172. The Morgan fingerprint density at radius 2 is 1.09 bits per heavy atom. The van der Waals surface area contributed by atoms with Crippen molar-refractivity contribution in [3.8, 4) is 27.9 Å². The van der Waals surface area contributed by atoms with Gasteiger partial charge in [-0.15, -0.1) is 0 Å². The van der Waals surface area contributed by atoms with Gasteiger partial charge in [-0.05, 0) is 94.8 Å². The molecule has 0 unspecified atom stereocenters. The normalized spacial score (nSPS) is 12.7. The second kappa shape index (κ2) is 12.6. The lowest BCUT2D eigenvalue weighted by Gasteiger charge is -2.28. The lowest BCUT2D eigenvalue weighted by atomic mass is 9.98. The molecule has 0 aliphatic rings. The molecular formula is C52H34N2O. The van der Waals surface area contributed by atoms with Crippen molar-refractivity contribution in [3.63, 3.8) is 0 Å². The monoisotopic (exact) mass is 706 g/mol. The zero-order chi connectivity index (χ0) is 39.8. The second-order valence-electron chi connectivity index (χ2n) is 13.8. The maximum atomic E-state index is 9.56. The molecule has 0 fully saturated rings. The Morgan fingerprint density at radius 3 is 1.85 bits per heavy atom. The number of hydrogen-bond acceptors (Lipinski definition) is 2. The second-order valence-corrected chi connectivity index (χ2v) is 13.8. The van der Waals surface area contributed by atoms with Crippen LogP contribution in [0.15, 0.2) is 211 Å². The summed E-state index contributed by atoms with van der Waals surface area (Å²) in [6.07, 6.45) is 0. The first-order chi connectivity index (χ1) is 29.0. The third-order valence-corrected chi connectivity index (χ3v) is 10.7. The van der Waals surface area contributed by atoms with Gasteiger partial charge in [-0.3, -0.25) is 0 Å². The standard InChI is InChI=1S/C52H34N2O/c1-2-12-35(13-3-1)36-22-26-39(27-23-36)53(40-28-30-41(31-29-40)54-49-20-10-7-17-44(49)45-18-8-11-21-50(45)54)48-19-9-6-15-42(48)38-25-33-51-47(34-38)46-32-24-37-14-4-5-16-43(37)52(46)55-51/h1-34H/i22D,23D,26D,27D. The van der Waals surface area contributed by atoms with Crippen LogP contribution in [-0.4, -0.2) is 4.57 Å². The van der Waals surface area contributed by atoms with Crippen LogP contribution in [0.25, 0.3) is 82.5 Å². The lowest BCUT2D eigenvalue weighted by Crippen LogP contribution is -2.11. The summed E-state index contributed by atoms with van der Waals surface area (Å²) in [7, 11) is 0. The first kappa shape index (κ1) is 27.3. The Hall–Kier alpha value is -7.36. The molecule has 0 N–H and O–H groups in total. The smallest absolute Gasteiger partial charge is 0.143 e. The molecule has 2 heterocycles. The van der Waals surface area contributed by atoms with E-state index in [0.717, 1.165) is 60.6 Å². The minimum absolute atomic E-state index is 0.102. The molecule has 0 atom stereocenters. The summed E-state index contributed by atoms with van der Waals surface area (Å²) in [6, 6.07) is 60.3. The van der Waals surface area contributed by atoms with E-state index >= 15 is 0 Å². The van der Waals surface area contributed by atoms with Gasteiger partial charge in [0.05, 0.1) is 22.2 Å². The zero-order valence-electron chi connectivity index (χ0n) is 33.6. The van der Waals surface area contributed by atoms with Crippen LogP contribution in [0.2, 0.25) is 0 Å². The molecule has 11 rings (SSSR count). The molecule has 0 saturated heterocycles. The van der Waals surface area contributed by atoms with Crippen LogP contribution in [0, 0.1) is 0 Å². The van der Waals surface area contributed by atoms with Crippen molar-refractivity contribution in [3.05, 3.63) is 206 Å². The lowest BCUT2D eigenvalue weighted by molar-refractivity contribution is 0.672. The fourth-order valence-electron chi connectivity index (χ4n) is 8.09. The van der Waals surface area contributed by atoms with Crippen LogP contribution in [0.5, 0.6) is 0 Å². The molecule has 0 bridgehead atoms. The summed E-state index contributed by atoms with van der Waals surface area (Å²) < 4.78 is 46.5. The van der Waals surface area contributed by atoms with Gasteiger partial charge in [0.1, 0.15) is 11.2 Å². The van der Waals surface area contributed by atoms with Crippen molar-refractivity contribution in [2.24, 2.45) is 0 Å². The van der Waals surface area contributed by atoms with Crippen LogP contribution in [0.1, 0.15) is 5.48 Å². The number of hydrogen-bond donors (Lipinski definition) is 0. The number of rotatable bonds is 6. The van der Waals surface area contributed by atoms with Gasteiger partial charge in [0.2, 0.25) is 0 Å². The molecule has 0 aliphatic carbocycles. The van der Waals surface area contributed by atoms with Crippen LogP contribution < -0.4 is 4.90 Å². The highest BCUT2D eigenvalue weighted by Crippen LogP contribution is 2.44. The molecule has 11 aromatic rings. The number of nitrogens with zero attached hydrogens (tertiary/aromatic N) is 2. The average molecular weight is 707 g/mol. The topological polar surface area (TPSA) is 21.3 Å². The number of aromatic nitrogens is 1. The van der Waals surface area contributed by atoms with Gasteiger partial charge in [-0.2, -0.15) is 0 Å². The van der Waals surface area contributed by atoms with E-state index in [1.165, 1.54) is 10.8 Å². The largest absolute Gasteiger partial charge is 0.455 e. The van der Waals surface area contributed by atoms with Crippen LogP contribution in [0.4, 0.5) is 17.1 Å². The first-order valence-electron chi connectivity index (χ1n) is 20.4. The molecule has 3 heteroatoms. The number of benzene rings is 9. The van der Waals surface area contributed by atoms with E-state index in [-0.39, 0.29) is 35.4 Å². The van der Waals surface area contributed by atoms with Gasteiger partial charge in [-0.25, -0.2) is 0 Å². The summed E-state index contributed by atoms with van der Waals surface area (Å²) in [5.41, 5.74) is 9.02. The van der Waals surface area contributed by atoms with Gasteiger partial charge in [0.25, 0.3) is 0 Å². The Labute approximate surface area is 324 Å². The number of fused-ring (bicyclic) bond motifs is 8. The Balaban J connectivity index is 1.13. The predicted octanol–water partition coefficient (Wildman–Crippen LogP) is 14.6. The van der Waals surface area contributed by atoms with Crippen molar-refractivity contribution in [1.82, 2.24) is 4.57 Å². The van der Waals surface area contributed by atoms with Crippen LogP contribution in [-0.2, 0) is 0 Å². The van der Waals surface area contributed by atoms with Crippen LogP contribution >= 0.6 is 0 Å². The van der Waals surface area contributed by atoms with Crippen LogP contribution in [0.3, 0.4) is 0 Å². The molecule has 2 aromatic heterocycles. The fraction of sp³-hybridized carbons (Fsp3) is 0. The average Bonchev–Trinajstić information content (AvgIpc) is 3.84. The van der Waals surface area contributed by atoms with E-state index in [1.807, 2.05) is 95.9 Å². The molecule has 0 spiro atoms. The summed E-state index contributed by atoms with van der Waals surface area (Å²) in [5.74, 6) is 0. The summed E-state index contributed by atoms with van der Waals surface area (Å²) >= 11 is 0. The molecule has 0 aliphatic heterocycles. The van der Waals surface area contributed by atoms with Gasteiger partial charge < -0.3 is 13.9 Å². The van der Waals surface area contributed by atoms with Gasteiger partial charge in [-0.1, -0.05) is 133 Å². The van der Waals surface area contributed by atoms with Crippen molar-refractivity contribution in [2.45, 2.75) is 0 Å². The van der Waals surface area contributed by atoms with Crippen molar-refractivity contribution in [1.29, 1.82) is 0 Å². The maximum absolute atomic E-state index is 9.56. The van der Waals surface area contributed by atoms with E-state index in [1.54, 1.807) is 0 Å². The molecule has 0 saturated carbocycles. The van der Waals surface area contributed by atoms with E-state index in [4.69, 9.17) is 4.42 Å².